The van der Waals surface area contributed by atoms with Crippen molar-refractivity contribution in [2.45, 2.75) is 39.5 Å². The summed E-state index contributed by atoms with van der Waals surface area (Å²) >= 11 is 1.31. The van der Waals surface area contributed by atoms with E-state index in [4.69, 9.17) is 4.74 Å². The zero-order valence-electron chi connectivity index (χ0n) is 18.1. The minimum absolute atomic E-state index is 0.176. The van der Waals surface area contributed by atoms with Gasteiger partial charge in [-0.3, -0.25) is 4.79 Å². The molecule has 6 heteroatoms. The van der Waals surface area contributed by atoms with Crippen LogP contribution in [0.15, 0.2) is 48.5 Å². The van der Waals surface area contributed by atoms with Gasteiger partial charge in [0.25, 0.3) is 0 Å². The van der Waals surface area contributed by atoms with Crippen LogP contribution in [0.4, 0.5) is 9.39 Å². The Bertz CT molecular complexity index is 1070. The molecule has 2 aromatic carbocycles. The minimum atomic E-state index is -0.539. The monoisotopic (exact) mass is 439 g/mol. The van der Waals surface area contributed by atoms with Gasteiger partial charge in [-0.15, -0.1) is 11.3 Å². The van der Waals surface area contributed by atoms with E-state index >= 15 is 0 Å². The SMILES string of the molecule is COC(=O)c1c(NC(=O)CCc2ccc(C(C)C)cc2)sc(C)c1-c1ccc(F)cc1. The third-order valence-electron chi connectivity index (χ3n) is 5.15. The summed E-state index contributed by atoms with van der Waals surface area (Å²) in [5.74, 6) is -0.606. The van der Waals surface area contributed by atoms with E-state index in [1.165, 1.54) is 36.1 Å². The predicted molar refractivity (Wildman–Crippen MR) is 123 cm³/mol. The number of hydrogen-bond donors (Lipinski definition) is 1. The molecule has 0 saturated carbocycles. The van der Waals surface area contributed by atoms with Crippen molar-refractivity contribution in [3.8, 4) is 11.1 Å². The molecule has 0 aliphatic heterocycles. The molecular formula is C25H26FNO3S. The van der Waals surface area contributed by atoms with Gasteiger partial charge in [0.15, 0.2) is 0 Å². The van der Waals surface area contributed by atoms with E-state index in [1.54, 1.807) is 12.1 Å². The first-order chi connectivity index (χ1) is 14.8. The van der Waals surface area contributed by atoms with Gasteiger partial charge in [0.2, 0.25) is 5.91 Å². The molecule has 4 nitrogen and oxygen atoms in total. The highest BCUT2D eigenvalue weighted by Gasteiger charge is 2.25. The molecule has 0 unspecified atom stereocenters. The van der Waals surface area contributed by atoms with Crippen LogP contribution < -0.4 is 5.32 Å². The molecule has 0 spiro atoms. The Balaban J connectivity index is 1.78. The molecule has 31 heavy (non-hydrogen) atoms. The van der Waals surface area contributed by atoms with Crippen molar-refractivity contribution in [1.29, 1.82) is 0 Å². The van der Waals surface area contributed by atoms with Crippen LogP contribution in [0.5, 0.6) is 0 Å². The molecule has 0 radical (unpaired) electrons. The fraction of sp³-hybridized carbons (Fsp3) is 0.280. The van der Waals surface area contributed by atoms with Crippen LogP contribution in [-0.4, -0.2) is 19.0 Å². The number of anilines is 1. The standard InChI is InChI=1S/C25H26FNO3S/c1-15(2)18-8-5-17(6-9-18)7-14-21(28)27-24-23(25(29)30-4)22(16(3)31-24)19-10-12-20(26)13-11-19/h5-6,8-13,15H,7,14H2,1-4H3,(H,27,28). The molecule has 0 aliphatic rings. The molecule has 1 N–H and O–H groups in total. The van der Waals surface area contributed by atoms with Gasteiger partial charge in [-0.25, -0.2) is 9.18 Å². The van der Waals surface area contributed by atoms with Crippen molar-refractivity contribution in [3.05, 3.63) is 75.9 Å². The van der Waals surface area contributed by atoms with E-state index in [1.807, 2.05) is 19.1 Å². The summed E-state index contributed by atoms with van der Waals surface area (Å²) in [6.07, 6.45) is 0.900. The molecule has 1 heterocycles. The number of amides is 1. The number of carbonyl (C=O) groups excluding carboxylic acids is 2. The highest BCUT2D eigenvalue weighted by Crippen LogP contribution is 2.40. The Morgan fingerprint density at radius 3 is 2.29 bits per heavy atom. The predicted octanol–water partition coefficient (Wildman–Crippen LogP) is 6.34. The molecule has 3 aromatic rings. The lowest BCUT2D eigenvalue weighted by atomic mass is 10.00. The van der Waals surface area contributed by atoms with Crippen molar-refractivity contribution < 1.29 is 18.7 Å². The number of esters is 1. The second-order valence-electron chi connectivity index (χ2n) is 7.68. The number of carbonyl (C=O) groups is 2. The fourth-order valence-electron chi connectivity index (χ4n) is 3.41. The molecule has 3 rings (SSSR count). The number of ether oxygens (including phenoxy) is 1. The molecule has 0 fully saturated rings. The zero-order valence-corrected chi connectivity index (χ0v) is 18.9. The van der Waals surface area contributed by atoms with Crippen molar-refractivity contribution in [1.82, 2.24) is 0 Å². The molecular weight excluding hydrogens is 413 g/mol. The lowest BCUT2D eigenvalue weighted by molar-refractivity contribution is -0.116. The molecule has 0 atom stereocenters. The number of nitrogens with one attached hydrogen (secondary N) is 1. The van der Waals surface area contributed by atoms with Gasteiger partial charge in [-0.05, 0) is 48.1 Å². The highest BCUT2D eigenvalue weighted by molar-refractivity contribution is 7.17. The second kappa shape index (κ2) is 9.88. The Morgan fingerprint density at radius 2 is 1.71 bits per heavy atom. The van der Waals surface area contributed by atoms with Gasteiger partial charge in [0.05, 0.1) is 7.11 Å². The average molecular weight is 440 g/mol. The lowest BCUT2D eigenvalue weighted by Crippen LogP contribution is -2.14. The number of aryl methyl sites for hydroxylation is 2. The first-order valence-electron chi connectivity index (χ1n) is 10.2. The van der Waals surface area contributed by atoms with Crippen LogP contribution in [0, 0.1) is 12.7 Å². The van der Waals surface area contributed by atoms with Crippen LogP contribution in [0.25, 0.3) is 11.1 Å². The van der Waals surface area contributed by atoms with Crippen LogP contribution in [0.3, 0.4) is 0 Å². The molecule has 0 saturated heterocycles. The molecule has 1 amide bonds. The topological polar surface area (TPSA) is 55.4 Å². The quantitative estimate of drug-likeness (QED) is 0.437. The second-order valence-corrected chi connectivity index (χ2v) is 8.91. The van der Waals surface area contributed by atoms with Crippen molar-refractivity contribution >= 4 is 28.2 Å². The Hall–Kier alpha value is -2.99. The van der Waals surface area contributed by atoms with Gasteiger partial charge in [-0.2, -0.15) is 0 Å². The number of hydrogen-bond acceptors (Lipinski definition) is 4. The van der Waals surface area contributed by atoms with Crippen LogP contribution in [0.1, 0.15) is 52.5 Å². The number of halogens is 1. The summed E-state index contributed by atoms with van der Waals surface area (Å²) in [5, 5.41) is 3.32. The molecule has 0 bridgehead atoms. The van der Waals surface area contributed by atoms with Gasteiger partial charge < -0.3 is 10.1 Å². The zero-order chi connectivity index (χ0) is 22.5. The van der Waals surface area contributed by atoms with E-state index in [0.717, 1.165) is 10.4 Å². The summed E-state index contributed by atoms with van der Waals surface area (Å²) in [5.41, 5.74) is 3.99. The van der Waals surface area contributed by atoms with E-state index in [2.05, 4.69) is 31.3 Å². The number of benzene rings is 2. The Kier molecular flexibility index (Phi) is 7.23. The number of rotatable bonds is 7. The fourth-order valence-corrected chi connectivity index (χ4v) is 4.49. The first kappa shape index (κ1) is 22.7. The van der Waals surface area contributed by atoms with E-state index in [0.29, 0.717) is 40.5 Å². The van der Waals surface area contributed by atoms with Crippen LogP contribution >= 0.6 is 11.3 Å². The molecule has 0 aliphatic carbocycles. The highest BCUT2D eigenvalue weighted by atomic mass is 32.1. The Labute approximate surface area is 186 Å². The van der Waals surface area contributed by atoms with Gasteiger partial charge >= 0.3 is 5.97 Å². The lowest BCUT2D eigenvalue weighted by Gasteiger charge is -2.09. The van der Waals surface area contributed by atoms with E-state index < -0.39 is 5.97 Å². The minimum Gasteiger partial charge on any atom is -0.465 e. The summed E-state index contributed by atoms with van der Waals surface area (Å²) in [7, 11) is 1.30. The van der Waals surface area contributed by atoms with Crippen LogP contribution in [-0.2, 0) is 16.0 Å². The number of methoxy groups -OCH3 is 1. The van der Waals surface area contributed by atoms with Crippen molar-refractivity contribution in [2.24, 2.45) is 0 Å². The van der Waals surface area contributed by atoms with Crippen molar-refractivity contribution in [2.75, 3.05) is 12.4 Å². The normalized spacial score (nSPS) is 10.9. The van der Waals surface area contributed by atoms with Gasteiger partial charge in [-0.1, -0.05) is 50.2 Å². The third kappa shape index (κ3) is 5.39. The smallest absolute Gasteiger partial charge is 0.341 e. The maximum absolute atomic E-state index is 13.3. The Morgan fingerprint density at radius 1 is 1.06 bits per heavy atom. The van der Waals surface area contributed by atoms with Crippen LogP contribution in [0.2, 0.25) is 0 Å². The molecule has 162 valence electrons. The van der Waals surface area contributed by atoms with Gasteiger partial charge in [0.1, 0.15) is 16.4 Å². The molecule has 1 aromatic heterocycles. The maximum atomic E-state index is 13.3. The summed E-state index contributed by atoms with van der Waals surface area (Å²) in [6.45, 7) is 6.15. The van der Waals surface area contributed by atoms with E-state index in [9.17, 15) is 14.0 Å². The maximum Gasteiger partial charge on any atom is 0.341 e. The van der Waals surface area contributed by atoms with Crippen molar-refractivity contribution in [3.63, 3.8) is 0 Å². The summed E-state index contributed by atoms with van der Waals surface area (Å²) in [6, 6.07) is 14.2. The third-order valence-corrected chi connectivity index (χ3v) is 6.17. The summed E-state index contributed by atoms with van der Waals surface area (Å²) in [4.78, 5) is 26.0. The average Bonchev–Trinajstić information content (AvgIpc) is 3.08. The first-order valence-corrected chi connectivity index (χ1v) is 11.0. The number of thiophene rings is 1. The summed E-state index contributed by atoms with van der Waals surface area (Å²) < 4.78 is 18.3. The largest absolute Gasteiger partial charge is 0.465 e. The van der Waals surface area contributed by atoms with Gasteiger partial charge in [0, 0.05) is 16.9 Å². The van der Waals surface area contributed by atoms with E-state index in [-0.39, 0.29) is 11.7 Å².